The van der Waals surface area contributed by atoms with E-state index in [1.807, 2.05) is 0 Å². The summed E-state index contributed by atoms with van der Waals surface area (Å²) in [4.78, 5) is 23.0. The summed E-state index contributed by atoms with van der Waals surface area (Å²) in [6, 6.07) is 10.0. The van der Waals surface area contributed by atoms with E-state index in [-0.39, 0.29) is 28.2 Å². The van der Waals surface area contributed by atoms with Crippen LogP contribution in [0.5, 0.6) is 11.5 Å². The molecule has 0 amide bonds. The van der Waals surface area contributed by atoms with Gasteiger partial charge in [-0.15, -0.1) is 0 Å². The van der Waals surface area contributed by atoms with Gasteiger partial charge in [-0.3, -0.25) is 9.59 Å². The first kappa shape index (κ1) is 11.9. The molecule has 0 saturated carbocycles. The molecule has 90 valence electrons. The number of phenols is 2. The minimum Gasteiger partial charge on any atom is -0.508 e. The predicted molar refractivity (Wildman–Crippen MR) is 65.0 cm³/mol. The van der Waals surface area contributed by atoms with Gasteiger partial charge in [0.2, 0.25) is 0 Å². The molecular weight excluding hydrogens is 232 g/mol. The molecule has 0 aliphatic rings. The molecule has 0 unspecified atom stereocenters. The maximum absolute atomic E-state index is 12.2. The van der Waals surface area contributed by atoms with Crippen LogP contribution < -0.4 is 0 Å². The predicted octanol–water partition coefficient (Wildman–Crippen LogP) is 2.14. The topological polar surface area (TPSA) is 74.6 Å². The van der Waals surface area contributed by atoms with Gasteiger partial charge in [-0.1, -0.05) is 24.3 Å². The maximum atomic E-state index is 12.2. The Balaban J connectivity index is 2.51. The average molecular weight is 242 g/mol. The van der Waals surface area contributed by atoms with Crippen molar-refractivity contribution in [3.05, 3.63) is 59.2 Å². The van der Waals surface area contributed by atoms with Crippen molar-refractivity contribution in [2.24, 2.45) is 0 Å². The quantitative estimate of drug-likeness (QED) is 0.638. The van der Waals surface area contributed by atoms with Crippen LogP contribution in [-0.2, 0) is 0 Å². The third kappa shape index (κ3) is 2.08. The SMILES string of the molecule is O=Cc1ccccc1C(=O)c1ccc(O)cc1O. The summed E-state index contributed by atoms with van der Waals surface area (Å²) in [5, 5.41) is 18.8. The van der Waals surface area contributed by atoms with Crippen molar-refractivity contribution in [1.29, 1.82) is 0 Å². The van der Waals surface area contributed by atoms with Gasteiger partial charge in [-0.25, -0.2) is 0 Å². The van der Waals surface area contributed by atoms with Crippen molar-refractivity contribution in [2.45, 2.75) is 0 Å². The largest absolute Gasteiger partial charge is 0.508 e. The molecule has 0 saturated heterocycles. The van der Waals surface area contributed by atoms with Gasteiger partial charge >= 0.3 is 0 Å². The third-order valence-electron chi connectivity index (χ3n) is 2.56. The van der Waals surface area contributed by atoms with Crippen molar-refractivity contribution >= 4 is 12.1 Å². The van der Waals surface area contributed by atoms with Crippen molar-refractivity contribution in [1.82, 2.24) is 0 Å². The van der Waals surface area contributed by atoms with Crippen LogP contribution in [0, 0.1) is 0 Å². The Morgan fingerprint density at radius 3 is 2.39 bits per heavy atom. The number of benzene rings is 2. The number of hydrogen-bond donors (Lipinski definition) is 2. The fraction of sp³-hybridized carbons (Fsp3) is 0. The number of carbonyl (C=O) groups excluding carboxylic acids is 2. The van der Waals surface area contributed by atoms with E-state index in [1.54, 1.807) is 12.1 Å². The van der Waals surface area contributed by atoms with E-state index in [9.17, 15) is 14.7 Å². The van der Waals surface area contributed by atoms with Crippen molar-refractivity contribution in [3.63, 3.8) is 0 Å². The Bertz CT molecular complexity index is 617. The van der Waals surface area contributed by atoms with Crippen LogP contribution in [0.25, 0.3) is 0 Å². The summed E-state index contributed by atoms with van der Waals surface area (Å²) in [5.41, 5.74) is 0.519. The van der Waals surface area contributed by atoms with Gasteiger partial charge in [0.25, 0.3) is 0 Å². The highest BCUT2D eigenvalue weighted by Gasteiger charge is 2.16. The molecule has 2 rings (SSSR count). The van der Waals surface area contributed by atoms with Crippen LogP contribution in [-0.4, -0.2) is 22.3 Å². The molecule has 0 aromatic heterocycles. The highest BCUT2D eigenvalue weighted by molar-refractivity contribution is 6.14. The first-order valence-electron chi connectivity index (χ1n) is 5.24. The van der Waals surface area contributed by atoms with E-state index in [1.165, 1.54) is 24.3 Å². The smallest absolute Gasteiger partial charge is 0.197 e. The summed E-state index contributed by atoms with van der Waals surface area (Å²) in [6.07, 6.45) is 0.588. The molecular formula is C14H10O4. The van der Waals surface area contributed by atoms with Crippen LogP contribution in [0.1, 0.15) is 26.3 Å². The van der Waals surface area contributed by atoms with Gasteiger partial charge in [0, 0.05) is 17.2 Å². The molecule has 0 bridgehead atoms. The number of phenolic OH excluding ortho intramolecular Hbond substituents is 2. The Morgan fingerprint density at radius 1 is 1.00 bits per heavy atom. The first-order chi connectivity index (χ1) is 8.63. The molecule has 0 spiro atoms. The average Bonchev–Trinajstić information content (AvgIpc) is 2.38. The van der Waals surface area contributed by atoms with Gasteiger partial charge in [-0.05, 0) is 12.1 Å². The van der Waals surface area contributed by atoms with E-state index in [0.717, 1.165) is 6.07 Å². The van der Waals surface area contributed by atoms with Crippen molar-refractivity contribution in [3.8, 4) is 11.5 Å². The summed E-state index contributed by atoms with van der Waals surface area (Å²) in [6.45, 7) is 0. The van der Waals surface area contributed by atoms with Crippen molar-refractivity contribution in [2.75, 3.05) is 0 Å². The van der Waals surface area contributed by atoms with E-state index < -0.39 is 5.78 Å². The number of rotatable bonds is 3. The number of ketones is 1. The van der Waals surface area contributed by atoms with Crippen molar-refractivity contribution < 1.29 is 19.8 Å². The van der Waals surface area contributed by atoms with Gasteiger partial charge in [0.1, 0.15) is 11.5 Å². The summed E-state index contributed by atoms with van der Waals surface area (Å²) < 4.78 is 0. The monoisotopic (exact) mass is 242 g/mol. The fourth-order valence-electron chi connectivity index (χ4n) is 1.66. The van der Waals surface area contributed by atoms with E-state index in [0.29, 0.717) is 6.29 Å². The lowest BCUT2D eigenvalue weighted by atomic mass is 9.98. The fourth-order valence-corrected chi connectivity index (χ4v) is 1.66. The molecule has 0 radical (unpaired) electrons. The molecule has 0 atom stereocenters. The molecule has 2 aromatic carbocycles. The number of aldehydes is 1. The highest BCUT2D eigenvalue weighted by atomic mass is 16.3. The lowest BCUT2D eigenvalue weighted by molar-refractivity contribution is 0.102. The van der Waals surface area contributed by atoms with Crippen LogP contribution in [0.3, 0.4) is 0 Å². The van der Waals surface area contributed by atoms with E-state index >= 15 is 0 Å². The highest BCUT2D eigenvalue weighted by Crippen LogP contribution is 2.25. The zero-order chi connectivity index (χ0) is 13.1. The number of aromatic hydroxyl groups is 2. The minimum absolute atomic E-state index is 0.0436. The van der Waals surface area contributed by atoms with Gasteiger partial charge in [0.15, 0.2) is 12.1 Å². The molecule has 0 aliphatic heterocycles. The summed E-state index contributed by atoms with van der Waals surface area (Å²) in [5.74, 6) is -0.913. The van der Waals surface area contributed by atoms with Gasteiger partial charge in [-0.2, -0.15) is 0 Å². The second-order valence-electron chi connectivity index (χ2n) is 3.74. The lowest BCUT2D eigenvalue weighted by Crippen LogP contribution is -2.05. The van der Waals surface area contributed by atoms with Crippen LogP contribution in [0.15, 0.2) is 42.5 Å². The minimum atomic E-state index is -0.463. The Labute approximate surface area is 103 Å². The Morgan fingerprint density at radius 2 is 1.72 bits per heavy atom. The van der Waals surface area contributed by atoms with Gasteiger partial charge in [0.05, 0.1) is 5.56 Å². The molecule has 2 aromatic rings. The first-order valence-corrected chi connectivity index (χ1v) is 5.24. The Kier molecular flexibility index (Phi) is 3.10. The standard InChI is InChI=1S/C14H10O4/c15-8-9-3-1-2-4-11(9)14(18)12-6-5-10(16)7-13(12)17/h1-8,16-17H. The molecule has 4 nitrogen and oxygen atoms in total. The van der Waals surface area contributed by atoms with E-state index in [4.69, 9.17) is 5.11 Å². The lowest BCUT2D eigenvalue weighted by Gasteiger charge is -2.06. The molecule has 0 aliphatic carbocycles. The molecule has 4 heteroatoms. The zero-order valence-corrected chi connectivity index (χ0v) is 9.33. The number of carbonyl (C=O) groups is 2. The third-order valence-corrected chi connectivity index (χ3v) is 2.56. The Hall–Kier alpha value is -2.62. The second kappa shape index (κ2) is 4.71. The summed E-state index contributed by atoms with van der Waals surface area (Å²) in [7, 11) is 0. The second-order valence-corrected chi connectivity index (χ2v) is 3.74. The molecule has 18 heavy (non-hydrogen) atoms. The van der Waals surface area contributed by atoms with Gasteiger partial charge < -0.3 is 10.2 Å². The van der Waals surface area contributed by atoms with Crippen LogP contribution in [0.4, 0.5) is 0 Å². The maximum Gasteiger partial charge on any atom is 0.197 e. The zero-order valence-electron chi connectivity index (χ0n) is 9.33. The van der Waals surface area contributed by atoms with E-state index in [2.05, 4.69) is 0 Å². The van der Waals surface area contributed by atoms with Crippen LogP contribution >= 0.6 is 0 Å². The molecule has 2 N–H and O–H groups in total. The molecule has 0 fully saturated rings. The molecule has 0 heterocycles. The number of hydrogen-bond acceptors (Lipinski definition) is 4. The summed E-state index contributed by atoms with van der Waals surface area (Å²) >= 11 is 0. The normalized spacial score (nSPS) is 10.0. The van der Waals surface area contributed by atoms with Crippen LogP contribution in [0.2, 0.25) is 0 Å².